The third-order valence-corrected chi connectivity index (χ3v) is 4.35. The Morgan fingerprint density at radius 1 is 1.32 bits per heavy atom. The summed E-state index contributed by atoms with van der Waals surface area (Å²) in [4.78, 5) is 2.99. The van der Waals surface area contributed by atoms with Gasteiger partial charge in [0.05, 0.1) is 6.20 Å². The highest BCUT2D eigenvalue weighted by Crippen LogP contribution is 2.35. The molecule has 1 unspecified atom stereocenters. The first kappa shape index (κ1) is 16.8. The number of benzene rings is 1. The van der Waals surface area contributed by atoms with Crippen molar-refractivity contribution in [3.05, 3.63) is 46.5 Å². The molecule has 0 saturated heterocycles. The molecule has 120 valence electrons. The van der Waals surface area contributed by atoms with E-state index in [1.54, 1.807) is 0 Å². The molecule has 0 bridgehead atoms. The predicted octanol–water partition coefficient (Wildman–Crippen LogP) is 3.73. The highest BCUT2D eigenvalue weighted by molar-refractivity contribution is 7.15. The number of nitrogens with zero attached hydrogens (tertiary/aromatic N) is 1. The maximum atomic E-state index is 12.5. The van der Waals surface area contributed by atoms with Gasteiger partial charge < -0.3 is 10.4 Å². The summed E-state index contributed by atoms with van der Waals surface area (Å²) in [6.45, 7) is 2.32. The van der Waals surface area contributed by atoms with E-state index in [1.165, 1.54) is 0 Å². The Balaban J connectivity index is 1.94. The highest BCUT2D eigenvalue weighted by atomic mass is 32.1. The molecule has 1 aromatic heterocycles. The number of alkyl halides is 3. The minimum absolute atomic E-state index is 0.0428. The van der Waals surface area contributed by atoms with Crippen LogP contribution in [0.5, 0.6) is 0 Å². The summed E-state index contributed by atoms with van der Waals surface area (Å²) < 4.78 is 37.5. The van der Waals surface area contributed by atoms with Gasteiger partial charge in [-0.05, 0) is 24.5 Å². The van der Waals surface area contributed by atoms with E-state index in [0.29, 0.717) is 24.3 Å². The maximum Gasteiger partial charge on any atom is 0.427 e. The second kappa shape index (κ2) is 7.11. The third-order valence-electron chi connectivity index (χ3n) is 3.36. The number of anilines is 1. The summed E-state index contributed by atoms with van der Waals surface area (Å²) >= 11 is 0.573. The minimum atomic E-state index is -4.37. The second-order valence-electron chi connectivity index (χ2n) is 5.09. The number of aromatic nitrogens is 1. The Hall–Kier alpha value is -1.60. The van der Waals surface area contributed by atoms with E-state index in [2.05, 4.69) is 10.3 Å². The molecule has 0 saturated carbocycles. The van der Waals surface area contributed by atoms with E-state index >= 15 is 0 Å². The molecule has 0 aliphatic rings. The first-order valence-corrected chi connectivity index (χ1v) is 7.64. The van der Waals surface area contributed by atoms with Gasteiger partial charge in [-0.3, -0.25) is 0 Å². The van der Waals surface area contributed by atoms with Crippen LogP contribution in [-0.4, -0.2) is 23.2 Å². The van der Waals surface area contributed by atoms with Gasteiger partial charge in [0.15, 0.2) is 5.13 Å². The van der Waals surface area contributed by atoms with Crippen LogP contribution in [0.3, 0.4) is 0 Å². The van der Waals surface area contributed by atoms with Gasteiger partial charge in [-0.1, -0.05) is 35.6 Å². The van der Waals surface area contributed by atoms with Crippen molar-refractivity contribution in [1.82, 2.24) is 4.98 Å². The van der Waals surface area contributed by atoms with Crippen molar-refractivity contribution in [2.24, 2.45) is 5.92 Å². The lowest BCUT2D eigenvalue weighted by Gasteiger charge is -2.16. The van der Waals surface area contributed by atoms with Crippen molar-refractivity contribution in [3.63, 3.8) is 0 Å². The van der Waals surface area contributed by atoms with Crippen molar-refractivity contribution < 1.29 is 18.3 Å². The minimum Gasteiger partial charge on any atom is -0.396 e. The number of aliphatic hydroxyl groups is 1. The van der Waals surface area contributed by atoms with Gasteiger partial charge in [0, 0.05) is 19.1 Å². The van der Waals surface area contributed by atoms with Crippen LogP contribution in [0.2, 0.25) is 0 Å². The molecule has 1 heterocycles. The lowest BCUT2D eigenvalue weighted by molar-refractivity contribution is -0.134. The quantitative estimate of drug-likeness (QED) is 0.848. The molecule has 2 aromatic rings. The molecule has 0 fully saturated rings. The fourth-order valence-corrected chi connectivity index (χ4v) is 2.76. The van der Waals surface area contributed by atoms with Crippen molar-refractivity contribution in [3.8, 4) is 0 Å². The van der Waals surface area contributed by atoms with E-state index in [-0.39, 0.29) is 17.7 Å². The average molecular weight is 330 g/mol. The molecule has 3 nitrogen and oxygen atoms in total. The number of thiazole rings is 1. The summed E-state index contributed by atoms with van der Waals surface area (Å²) in [6, 6.07) is 7.86. The van der Waals surface area contributed by atoms with Crippen molar-refractivity contribution in [2.45, 2.75) is 19.5 Å². The third kappa shape index (κ3) is 4.45. The van der Waals surface area contributed by atoms with E-state index in [1.807, 2.05) is 31.2 Å². The Morgan fingerprint density at radius 3 is 2.64 bits per heavy atom. The van der Waals surface area contributed by atoms with E-state index < -0.39 is 11.1 Å². The van der Waals surface area contributed by atoms with Crippen molar-refractivity contribution in [1.29, 1.82) is 0 Å². The van der Waals surface area contributed by atoms with Gasteiger partial charge in [0.25, 0.3) is 0 Å². The topological polar surface area (TPSA) is 45.1 Å². The monoisotopic (exact) mass is 330 g/mol. The molecule has 0 aliphatic carbocycles. The van der Waals surface area contributed by atoms with Crippen LogP contribution < -0.4 is 5.32 Å². The molecule has 2 N–H and O–H groups in total. The number of nitrogens with one attached hydrogen (secondary N) is 1. The summed E-state index contributed by atoms with van der Waals surface area (Å²) in [5.41, 5.74) is 2.26. The molecule has 0 aliphatic heterocycles. The molecule has 2 rings (SSSR count). The van der Waals surface area contributed by atoms with Crippen LogP contribution >= 0.6 is 11.3 Å². The highest BCUT2D eigenvalue weighted by Gasteiger charge is 2.33. The van der Waals surface area contributed by atoms with Crippen molar-refractivity contribution >= 4 is 16.5 Å². The fraction of sp³-hybridized carbons (Fsp3) is 0.400. The van der Waals surface area contributed by atoms with Gasteiger partial charge in [0.2, 0.25) is 0 Å². The number of rotatable bonds is 6. The molecule has 7 heteroatoms. The molecule has 0 radical (unpaired) electrons. The van der Waals surface area contributed by atoms with Gasteiger partial charge in [0.1, 0.15) is 4.88 Å². The summed E-state index contributed by atoms with van der Waals surface area (Å²) in [7, 11) is 0. The van der Waals surface area contributed by atoms with Gasteiger partial charge in [-0.15, -0.1) is 0 Å². The van der Waals surface area contributed by atoms with Crippen LogP contribution in [0, 0.1) is 12.8 Å². The zero-order chi connectivity index (χ0) is 16.2. The number of aliphatic hydroxyl groups excluding tert-OH is 1. The normalized spacial score (nSPS) is 13.1. The Kier molecular flexibility index (Phi) is 5.42. The average Bonchev–Trinajstić information content (AvgIpc) is 2.94. The number of hydrogen-bond donors (Lipinski definition) is 2. The molecular formula is C15H17F3N2OS. The van der Waals surface area contributed by atoms with E-state index in [4.69, 9.17) is 0 Å². The van der Waals surface area contributed by atoms with Crippen LogP contribution in [0.4, 0.5) is 18.3 Å². The molecule has 1 atom stereocenters. The first-order chi connectivity index (χ1) is 10.4. The summed E-state index contributed by atoms with van der Waals surface area (Å²) in [6.07, 6.45) is -2.88. The molecule has 0 amide bonds. The number of hydrogen-bond acceptors (Lipinski definition) is 4. The largest absolute Gasteiger partial charge is 0.427 e. The number of aryl methyl sites for hydroxylation is 1. The SMILES string of the molecule is Cc1ccccc1CC(CO)CNc1ncc(C(F)(F)F)s1. The smallest absolute Gasteiger partial charge is 0.396 e. The Morgan fingerprint density at radius 2 is 2.05 bits per heavy atom. The van der Waals surface area contributed by atoms with Crippen LogP contribution in [0.1, 0.15) is 16.0 Å². The van der Waals surface area contributed by atoms with Crippen LogP contribution in [-0.2, 0) is 12.6 Å². The maximum absolute atomic E-state index is 12.5. The van der Waals surface area contributed by atoms with Crippen LogP contribution in [0.15, 0.2) is 30.5 Å². The van der Waals surface area contributed by atoms with E-state index in [9.17, 15) is 18.3 Å². The zero-order valence-corrected chi connectivity index (χ0v) is 12.8. The van der Waals surface area contributed by atoms with Gasteiger partial charge in [-0.25, -0.2) is 4.98 Å². The number of halogens is 3. The summed E-state index contributed by atoms with van der Waals surface area (Å²) in [5.74, 6) is -0.0839. The second-order valence-corrected chi connectivity index (χ2v) is 6.12. The predicted molar refractivity (Wildman–Crippen MR) is 81.1 cm³/mol. The first-order valence-electron chi connectivity index (χ1n) is 6.82. The van der Waals surface area contributed by atoms with Crippen LogP contribution in [0.25, 0.3) is 0 Å². The molecule has 1 aromatic carbocycles. The summed E-state index contributed by atoms with van der Waals surface area (Å²) in [5, 5.41) is 12.5. The Labute approximate surface area is 130 Å². The van der Waals surface area contributed by atoms with E-state index in [0.717, 1.165) is 17.3 Å². The lowest BCUT2D eigenvalue weighted by atomic mass is 9.97. The lowest BCUT2D eigenvalue weighted by Crippen LogP contribution is -2.20. The fourth-order valence-electron chi connectivity index (χ4n) is 2.07. The van der Waals surface area contributed by atoms with Crippen molar-refractivity contribution in [2.75, 3.05) is 18.5 Å². The molecule has 22 heavy (non-hydrogen) atoms. The van der Waals surface area contributed by atoms with Gasteiger partial charge >= 0.3 is 6.18 Å². The standard InChI is InChI=1S/C15H17F3N2OS/c1-10-4-2-3-5-12(10)6-11(9-21)7-19-14-20-8-13(22-14)15(16,17)18/h2-5,8,11,21H,6-7,9H2,1H3,(H,19,20). The zero-order valence-electron chi connectivity index (χ0n) is 12.0. The molecular weight excluding hydrogens is 313 g/mol. The van der Waals surface area contributed by atoms with Gasteiger partial charge in [-0.2, -0.15) is 13.2 Å². The Bertz CT molecular complexity index is 613. The molecule has 0 spiro atoms.